The highest BCUT2D eigenvalue weighted by molar-refractivity contribution is 5.88. The predicted molar refractivity (Wildman–Crippen MR) is 96.8 cm³/mol. The van der Waals surface area contributed by atoms with Crippen LogP contribution < -0.4 is 0 Å². The van der Waals surface area contributed by atoms with Gasteiger partial charge < -0.3 is 0 Å². The highest BCUT2D eigenvalue weighted by Gasteiger charge is 2.30. The Bertz CT molecular complexity index is 484. The lowest BCUT2D eigenvalue weighted by Crippen LogP contribution is -2.33. The Labute approximate surface area is 146 Å². The van der Waals surface area contributed by atoms with Gasteiger partial charge in [-0.15, -0.1) is 0 Å². The van der Waals surface area contributed by atoms with Gasteiger partial charge in [-0.3, -0.25) is 4.89 Å². The summed E-state index contributed by atoms with van der Waals surface area (Å²) in [5.74, 6) is 0.483. The van der Waals surface area contributed by atoms with E-state index in [4.69, 9.17) is 9.78 Å². The van der Waals surface area contributed by atoms with Crippen LogP contribution in [0.15, 0.2) is 24.3 Å². The third kappa shape index (κ3) is 5.62. The summed E-state index contributed by atoms with van der Waals surface area (Å²) in [6, 6.07) is 7.73. The van der Waals surface area contributed by atoms with Crippen LogP contribution >= 0.6 is 0 Å². The second-order valence-electron chi connectivity index (χ2n) is 7.32. The number of rotatable bonds is 8. The number of unbranched alkanes of at least 4 members (excludes halogenated alkanes) is 3. The molecular weight excluding hydrogens is 300 g/mol. The Hall–Kier alpha value is -1.35. The van der Waals surface area contributed by atoms with Crippen LogP contribution in [0.3, 0.4) is 0 Å². The van der Waals surface area contributed by atoms with E-state index in [2.05, 4.69) is 20.8 Å². The van der Waals surface area contributed by atoms with Crippen LogP contribution in [0.2, 0.25) is 0 Å². The third-order valence-corrected chi connectivity index (χ3v) is 5.18. The van der Waals surface area contributed by atoms with E-state index < -0.39 is 5.97 Å². The minimum Gasteiger partial charge on any atom is -0.293 e. The van der Waals surface area contributed by atoms with Gasteiger partial charge in [-0.25, -0.2) is 4.79 Å². The summed E-state index contributed by atoms with van der Waals surface area (Å²) < 4.78 is 0. The molecule has 3 nitrogen and oxygen atoms in total. The smallest absolute Gasteiger partial charge is 0.293 e. The van der Waals surface area contributed by atoms with Gasteiger partial charge in [0.15, 0.2) is 0 Å². The molecule has 1 aromatic rings. The van der Waals surface area contributed by atoms with E-state index in [1.165, 1.54) is 37.7 Å². The largest absolute Gasteiger partial charge is 0.373 e. The highest BCUT2D eigenvalue weighted by Crippen LogP contribution is 2.31. The maximum Gasteiger partial charge on any atom is 0.373 e. The molecule has 0 spiro atoms. The summed E-state index contributed by atoms with van der Waals surface area (Å²) in [4.78, 5) is 22.8. The van der Waals surface area contributed by atoms with Crippen molar-refractivity contribution < 1.29 is 14.6 Å². The first-order chi connectivity index (χ1) is 11.6. The number of carbonyl (C=O) groups excluding carboxylic acids is 1. The summed E-state index contributed by atoms with van der Waals surface area (Å²) in [6.07, 6.45) is 9.62. The van der Waals surface area contributed by atoms with E-state index in [0.29, 0.717) is 17.4 Å². The molecule has 0 heterocycles. The molecule has 0 saturated heterocycles. The fourth-order valence-electron chi connectivity index (χ4n) is 3.55. The number of aryl methyl sites for hydroxylation is 1. The Balaban J connectivity index is 1.79. The van der Waals surface area contributed by atoms with Crippen LogP contribution in [-0.4, -0.2) is 12.1 Å². The molecule has 0 amide bonds. The average Bonchev–Trinajstić information content (AvgIpc) is 2.58. The topological polar surface area (TPSA) is 35.5 Å². The lowest BCUT2D eigenvalue weighted by molar-refractivity contribution is -0.299. The first-order valence-electron chi connectivity index (χ1n) is 9.58. The minimum absolute atomic E-state index is 0.0144. The quantitative estimate of drug-likeness (QED) is 0.347. The molecule has 1 aromatic carbocycles. The summed E-state index contributed by atoms with van der Waals surface area (Å²) in [5.41, 5.74) is 1.83. The van der Waals surface area contributed by atoms with E-state index in [1.807, 2.05) is 24.3 Å². The monoisotopic (exact) mass is 332 g/mol. The molecule has 2 atom stereocenters. The summed E-state index contributed by atoms with van der Waals surface area (Å²) in [7, 11) is 0. The number of benzene rings is 1. The summed E-state index contributed by atoms with van der Waals surface area (Å²) >= 11 is 0. The summed E-state index contributed by atoms with van der Waals surface area (Å²) in [5, 5.41) is 0. The molecule has 2 unspecified atom stereocenters. The molecule has 2 rings (SSSR count). The fourth-order valence-corrected chi connectivity index (χ4v) is 3.55. The molecule has 134 valence electrons. The van der Waals surface area contributed by atoms with Gasteiger partial charge in [0.05, 0.1) is 5.56 Å². The lowest BCUT2D eigenvalue weighted by Gasteiger charge is -2.32. The maximum atomic E-state index is 12.2. The molecule has 0 aromatic heterocycles. The van der Waals surface area contributed by atoms with Gasteiger partial charge in [-0.2, -0.15) is 4.89 Å². The van der Waals surface area contributed by atoms with Crippen LogP contribution in [0.5, 0.6) is 0 Å². The van der Waals surface area contributed by atoms with Crippen molar-refractivity contribution in [1.82, 2.24) is 0 Å². The van der Waals surface area contributed by atoms with Crippen LogP contribution in [0, 0.1) is 11.8 Å². The summed E-state index contributed by atoms with van der Waals surface area (Å²) in [6.45, 7) is 6.56. The second kappa shape index (κ2) is 9.83. The lowest BCUT2D eigenvalue weighted by atomic mass is 9.81. The SMILES string of the molecule is CCCCCCc1ccc(C(=O)OOC2C(C)CCCC2C)cc1. The Morgan fingerprint density at radius 1 is 1.04 bits per heavy atom. The standard InChI is InChI=1S/C21H32O3/c1-4-5-6-7-11-18-12-14-19(15-13-18)21(22)24-23-20-16(2)9-8-10-17(20)3/h12-17,20H,4-11H2,1-3H3. The first-order valence-corrected chi connectivity index (χ1v) is 9.58. The molecule has 0 bridgehead atoms. The highest BCUT2D eigenvalue weighted by atomic mass is 17.2. The van der Waals surface area contributed by atoms with Gasteiger partial charge in [-0.05, 0) is 55.2 Å². The van der Waals surface area contributed by atoms with Gasteiger partial charge in [0, 0.05) is 0 Å². The van der Waals surface area contributed by atoms with E-state index in [9.17, 15) is 4.79 Å². The minimum atomic E-state index is -0.391. The van der Waals surface area contributed by atoms with Gasteiger partial charge in [0.2, 0.25) is 0 Å². The van der Waals surface area contributed by atoms with Crippen molar-refractivity contribution in [1.29, 1.82) is 0 Å². The Kier molecular flexibility index (Phi) is 7.77. The molecule has 3 heteroatoms. The number of hydrogen-bond acceptors (Lipinski definition) is 3. The molecule has 0 N–H and O–H groups in total. The van der Waals surface area contributed by atoms with Crippen molar-refractivity contribution in [2.75, 3.05) is 0 Å². The van der Waals surface area contributed by atoms with Gasteiger partial charge in [-0.1, -0.05) is 58.6 Å². The maximum absolute atomic E-state index is 12.2. The average molecular weight is 332 g/mol. The van der Waals surface area contributed by atoms with Gasteiger partial charge >= 0.3 is 5.97 Å². The number of carbonyl (C=O) groups is 1. The first kappa shape index (κ1) is 19.0. The number of hydrogen-bond donors (Lipinski definition) is 0. The molecular formula is C21H32O3. The predicted octanol–water partition coefficient (Wildman–Crippen LogP) is 5.72. The van der Waals surface area contributed by atoms with Gasteiger partial charge in [0.1, 0.15) is 6.10 Å². The van der Waals surface area contributed by atoms with E-state index >= 15 is 0 Å². The van der Waals surface area contributed by atoms with E-state index in [0.717, 1.165) is 19.3 Å². The third-order valence-electron chi connectivity index (χ3n) is 5.18. The van der Waals surface area contributed by atoms with Crippen LogP contribution in [0.4, 0.5) is 0 Å². The van der Waals surface area contributed by atoms with Crippen LogP contribution in [0.25, 0.3) is 0 Å². The zero-order chi connectivity index (χ0) is 17.4. The van der Waals surface area contributed by atoms with Crippen molar-refractivity contribution in [2.45, 2.75) is 78.2 Å². The fraction of sp³-hybridized carbons (Fsp3) is 0.667. The van der Waals surface area contributed by atoms with Crippen molar-refractivity contribution >= 4 is 5.97 Å². The molecule has 24 heavy (non-hydrogen) atoms. The van der Waals surface area contributed by atoms with Crippen LogP contribution in [0.1, 0.15) is 81.6 Å². The van der Waals surface area contributed by atoms with Crippen molar-refractivity contribution in [3.8, 4) is 0 Å². The zero-order valence-electron chi connectivity index (χ0n) is 15.4. The van der Waals surface area contributed by atoms with E-state index in [-0.39, 0.29) is 6.10 Å². The zero-order valence-corrected chi connectivity index (χ0v) is 15.4. The van der Waals surface area contributed by atoms with Crippen molar-refractivity contribution in [3.63, 3.8) is 0 Å². The molecule has 1 fully saturated rings. The molecule has 1 aliphatic carbocycles. The molecule has 1 aliphatic rings. The van der Waals surface area contributed by atoms with Crippen molar-refractivity contribution in [2.24, 2.45) is 11.8 Å². The van der Waals surface area contributed by atoms with Crippen molar-refractivity contribution in [3.05, 3.63) is 35.4 Å². The Morgan fingerprint density at radius 3 is 2.33 bits per heavy atom. The molecule has 0 radical (unpaired) electrons. The normalized spacial score (nSPS) is 23.9. The molecule has 1 saturated carbocycles. The van der Waals surface area contributed by atoms with Gasteiger partial charge in [0.25, 0.3) is 0 Å². The molecule has 0 aliphatic heterocycles. The Morgan fingerprint density at radius 2 is 1.71 bits per heavy atom. The second-order valence-corrected chi connectivity index (χ2v) is 7.32. The van der Waals surface area contributed by atoms with E-state index in [1.54, 1.807) is 0 Å². The van der Waals surface area contributed by atoms with Crippen LogP contribution in [-0.2, 0) is 16.2 Å².